The smallest absolute Gasteiger partial charge is 0.433 e. The van der Waals surface area contributed by atoms with Gasteiger partial charge in [0.25, 0.3) is 0 Å². The van der Waals surface area contributed by atoms with Crippen molar-refractivity contribution in [3.05, 3.63) is 65.9 Å². The molecular weight excluding hydrogens is 475 g/mol. The molecule has 0 saturated heterocycles. The number of H-pyrrole nitrogens is 1. The summed E-state index contributed by atoms with van der Waals surface area (Å²) in [6.45, 7) is 5.25. The third-order valence-corrected chi connectivity index (χ3v) is 5.30. The van der Waals surface area contributed by atoms with Crippen molar-refractivity contribution in [1.82, 2.24) is 35.5 Å². The van der Waals surface area contributed by atoms with E-state index >= 15 is 0 Å². The van der Waals surface area contributed by atoms with Gasteiger partial charge in [-0.05, 0) is 69.9 Å². The summed E-state index contributed by atoms with van der Waals surface area (Å²) in [5.74, 6) is 0. The van der Waals surface area contributed by atoms with E-state index in [9.17, 15) is 18.0 Å². The first kappa shape index (κ1) is 25.1. The van der Waals surface area contributed by atoms with Gasteiger partial charge in [0.2, 0.25) is 0 Å². The minimum absolute atomic E-state index is 0.273. The third kappa shape index (κ3) is 6.58. The number of alkyl halides is 3. The molecule has 4 aromatic rings. The molecule has 0 aliphatic rings. The molecule has 0 spiro atoms. The highest BCUT2D eigenvalue weighted by atomic mass is 19.4. The van der Waals surface area contributed by atoms with E-state index in [1.165, 1.54) is 12.3 Å². The molecule has 2 N–H and O–H groups in total. The van der Waals surface area contributed by atoms with Crippen LogP contribution < -0.4 is 5.32 Å². The maximum absolute atomic E-state index is 12.8. The molecule has 0 aliphatic heterocycles. The fraction of sp³-hybridized carbons (Fsp3) is 0.375. The van der Waals surface area contributed by atoms with Crippen LogP contribution in [-0.4, -0.2) is 47.9 Å². The van der Waals surface area contributed by atoms with Gasteiger partial charge in [-0.2, -0.15) is 18.3 Å². The van der Waals surface area contributed by atoms with Crippen LogP contribution in [0.1, 0.15) is 44.1 Å². The molecule has 36 heavy (non-hydrogen) atoms. The number of fused-ring (bicyclic) bond motifs is 1. The number of aryl methyl sites for hydroxylation is 1. The Morgan fingerprint density at radius 3 is 2.67 bits per heavy atom. The zero-order valence-electron chi connectivity index (χ0n) is 20.0. The number of aromatic amines is 1. The molecule has 12 heteroatoms. The van der Waals surface area contributed by atoms with Crippen molar-refractivity contribution in [2.24, 2.45) is 0 Å². The number of nitrogens with one attached hydrogen (secondary N) is 2. The second-order valence-corrected chi connectivity index (χ2v) is 9.43. The predicted octanol–water partition coefficient (Wildman–Crippen LogP) is 4.63. The number of hydrogen-bond acceptors (Lipinski definition) is 6. The van der Waals surface area contributed by atoms with Crippen LogP contribution in [0.5, 0.6) is 0 Å². The van der Waals surface area contributed by atoms with Gasteiger partial charge in [0.05, 0.1) is 29.3 Å². The molecule has 190 valence electrons. The second kappa shape index (κ2) is 9.96. The summed E-state index contributed by atoms with van der Waals surface area (Å²) in [5.41, 5.74) is 1.33. The van der Waals surface area contributed by atoms with Crippen molar-refractivity contribution in [2.75, 3.05) is 0 Å². The summed E-state index contributed by atoms with van der Waals surface area (Å²) < 4.78 is 45.6. The largest absolute Gasteiger partial charge is 0.444 e. The summed E-state index contributed by atoms with van der Waals surface area (Å²) >= 11 is 0. The topological polar surface area (TPSA) is 111 Å². The monoisotopic (exact) mass is 501 g/mol. The van der Waals surface area contributed by atoms with Crippen LogP contribution in [0.3, 0.4) is 0 Å². The number of benzene rings is 1. The van der Waals surface area contributed by atoms with Crippen LogP contribution in [0.2, 0.25) is 0 Å². The van der Waals surface area contributed by atoms with E-state index in [0.717, 1.165) is 22.7 Å². The van der Waals surface area contributed by atoms with E-state index in [-0.39, 0.29) is 6.42 Å². The molecule has 1 aromatic carbocycles. The summed E-state index contributed by atoms with van der Waals surface area (Å²) in [7, 11) is 0. The second-order valence-electron chi connectivity index (χ2n) is 9.43. The van der Waals surface area contributed by atoms with E-state index in [1.54, 1.807) is 37.8 Å². The number of carbonyl (C=O) groups is 1. The molecule has 1 amide bonds. The van der Waals surface area contributed by atoms with Gasteiger partial charge >= 0.3 is 12.3 Å². The van der Waals surface area contributed by atoms with Gasteiger partial charge < -0.3 is 10.1 Å². The highest BCUT2D eigenvalue weighted by molar-refractivity contribution is 5.80. The van der Waals surface area contributed by atoms with Gasteiger partial charge in [-0.25, -0.2) is 9.48 Å². The Morgan fingerprint density at radius 2 is 1.97 bits per heavy atom. The number of hydrogen-bond donors (Lipinski definition) is 2. The molecule has 1 unspecified atom stereocenters. The van der Waals surface area contributed by atoms with E-state index in [4.69, 9.17) is 4.74 Å². The Morgan fingerprint density at radius 1 is 1.17 bits per heavy atom. The number of carbonyl (C=O) groups excluding carboxylic acids is 1. The Hall–Kier alpha value is -3.96. The summed E-state index contributed by atoms with van der Waals surface area (Å²) in [6, 6.07) is 7.60. The molecule has 0 bridgehead atoms. The lowest BCUT2D eigenvalue weighted by atomic mass is 10.0. The Kier molecular flexibility index (Phi) is 6.95. The lowest BCUT2D eigenvalue weighted by Gasteiger charge is -2.23. The molecule has 0 fully saturated rings. The average molecular weight is 502 g/mol. The normalized spacial score (nSPS) is 13.1. The number of halogens is 3. The number of aromatic nitrogens is 6. The first-order valence-electron chi connectivity index (χ1n) is 11.3. The van der Waals surface area contributed by atoms with Crippen LogP contribution in [0.15, 0.2) is 48.9 Å². The van der Waals surface area contributed by atoms with Gasteiger partial charge in [-0.1, -0.05) is 11.3 Å². The van der Waals surface area contributed by atoms with Crippen LogP contribution in [0, 0.1) is 0 Å². The van der Waals surface area contributed by atoms with Crippen molar-refractivity contribution in [3.63, 3.8) is 0 Å². The standard InChI is InChI=1S/C24H26F3N7O2/c1-23(2,3)36-22(35)30-17(10-15-4-9-21(28-12-15)24(25,26)27)5-6-18-14-34(33-31-18)19-7-8-20-16(11-19)13-29-32-20/h4,7-9,11-14,17H,5-6,10H2,1-3H3,(H,29,32)(H,30,35). The number of pyridine rings is 1. The van der Waals surface area contributed by atoms with E-state index < -0.39 is 29.6 Å². The number of alkyl carbamates (subject to hydrolysis) is 1. The van der Waals surface area contributed by atoms with Crippen LogP contribution in [0.25, 0.3) is 16.6 Å². The Balaban J connectivity index is 1.45. The molecule has 0 radical (unpaired) electrons. The quantitative estimate of drug-likeness (QED) is 0.382. The van der Waals surface area contributed by atoms with Crippen LogP contribution in [-0.2, 0) is 23.8 Å². The lowest BCUT2D eigenvalue weighted by molar-refractivity contribution is -0.141. The zero-order chi connectivity index (χ0) is 25.9. The van der Waals surface area contributed by atoms with E-state index in [0.29, 0.717) is 24.1 Å². The molecule has 0 aliphatic carbocycles. The van der Waals surface area contributed by atoms with Crippen molar-refractivity contribution < 1.29 is 22.7 Å². The number of nitrogens with zero attached hydrogens (tertiary/aromatic N) is 5. The molecular formula is C24H26F3N7O2. The Labute approximate surface area is 205 Å². The zero-order valence-corrected chi connectivity index (χ0v) is 20.0. The third-order valence-electron chi connectivity index (χ3n) is 5.30. The summed E-state index contributed by atoms with van der Waals surface area (Å²) in [4.78, 5) is 15.9. The fourth-order valence-electron chi connectivity index (χ4n) is 3.63. The highest BCUT2D eigenvalue weighted by Gasteiger charge is 2.32. The van der Waals surface area contributed by atoms with Gasteiger partial charge in [-0.3, -0.25) is 10.1 Å². The highest BCUT2D eigenvalue weighted by Crippen LogP contribution is 2.27. The molecule has 0 saturated carbocycles. The first-order valence-corrected chi connectivity index (χ1v) is 11.3. The predicted molar refractivity (Wildman–Crippen MR) is 125 cm³/mol. The van der Waals surface area contributed by atoms with Gasteiger partial charge in [0.15, 0.2) is 0 Å². The minimum atomic E-state index is -4.51. The first-order chi connectivity index (χ1) is 17.0. The molecule has 1 atom stereocenters. The van der Waals surface area contributed by atoms with Crippen molar-refractivity contribution in [2.45, 2.75) is 57.9 Å². The lowest BCUT2D eigenvalue weighted by Crippen LogP contribution is -2.40. The van der Waals surface area contributed by atoms with E-state index in [1.807, 2.05) is 18.2 Å². The van der Waals surface area contributed by atoms with Gasteiger partial charge in [0, 0.05) is 17.6 Å². The summed E-state index contributed by atoms with van der Waals surface area (Å²) in [5, 5.41) is 19.1. The van der Waals surface area contributed by atoms with Gasteiger partial charge in [-0.15, -0.1) is 5.10 Å². The number of ether oxygens (including phenoxy) is 1. The van der Waals surface area contributed by atoms with Gasteiger partial charge in [0.1, 0.15) is 11.3 Å². The average Bonchev–Trinajstić information content (AvgIpc) is 3.45. The number of amides is 1. The molecule has 4 rings (SSSR count). The van der Waals surface area contributed by atoms with Crippen LogP contribution in [0.4, 0.5) is 18.0 Å². The van der Waals surface area contributed by atoms with Crippen LogP contribution >= 0.6 is 0 Å². The SMILES string of the molecule is CC(C)(C)OC(=O)NC(CCc1cn(-c2ccc3[nH]ncc3c2)nn1)Cc1ccc(C(F)(F)F)nc1. The molecule has 3 aromatic heterocycles. The Bertz CT molecular complexity index is 1320. The summed E-state index contributed by atoms with van der Waals surface area (Å²) in [6.07, 6.45) is 0.781. The maximum atomic E-state index is 12.8. The van der Waals surface area contributed by atoms with E-state index in [2.05, 4.69) is 30.8 Å². The maximum Gasteiger partial charge on any atom is 0.433 e. The molecule has 9 nitrogen and oxygen atoms in total. The van der Waals surface area contributed by atoms with Crippen molar-refractivity contribution in [3.8, 4) is 5.69 Å². The molecule has 3 heterocycles. The van der Waals surface area contributed by atoms with Crippen molar-refractivity contribution in [1.29, 1.82) is 0 Å². The van der Waals surface area contributed by atoms with Crippen molar-refractivity contribution >= 4 is 17.0 Å². The fourth-order valence-corrected chi connectivity index (χ4v) is 3.63. The number of rotatable bonds is 7. The minimum Gasteiger partial charge on any atom is -0.444 e.